The van der Waals surface area contributed by atoms with Crippen molar-refractivity contribution in [2.75, 3.05) is 12.3 Å². The molecule has 104 valence electrons. The van der Waals surface area contributed by atoms with Crippen LogP contribution in [0.15, 0.2) is 46.9 Å². The first kappa shape index (κ1) is 14.9. The molecule has 5 heteroatoms. The number of hydrogen-bond donors (Lipinski definition) is 2. The Labute approximate surface area is 131 Å². The van der Waals surface area contributed by atoms with Crippen LogP contribution in [0.5, 0.6) is 0 Å². The van der Waals surface area contributed by atoms with E-state index in [-0.39, 0.29) is 5.91 Å². The molecule has 0 fully saturated rings. The number of amides is 1. The van der Waals surface area contributed by atoms with Gasteiger partial charge < -0.3 is 11.1 Å². The Balaban J connectivity index is 1.92. The summed E-state index contributed by atoms with van der Waals surface area (Å²) in [5, 5.41) is 3.30. The van der Waals surface area contributed by atoms with E-state index in [1.54, 1.807) is 18.2 Å². The average molecular weight is 354 g/mol. The van der Waals surface area contributed by atoms with Crippen LogP contribution in [0.2, 0.25) is 5.02 Å². The summed E-state index contributed by atoms with van der Waals surface area (Å²) in [5.74, 6) is -0.174. The van der Waals surface area contributed by atoms with Crippen molar-refractivity contribution in [2.45, 2.75) is 6.42 Å². The molecule has 0 saturated carbocycles. The summed E-state index contributed by atoms with van der Waals surface area (Å²) in [4.78, 5) is 12.0. The molecule has 3 nitrogen and oxygen atoms in total. The summed E-state index contributed by atoms with van der Waals surface area (Å²) in [6.45, 7) is 0.547. The molecule has 0 aliphatic carbocycles. The minimum atomic E-state index is -0.174. The van der Waals surface area contributed by atoms with Gasteiger partial charge in [0, 0.05) is 16.7 Å². The molecule has 0 unspecified atom stereocenters. The number of anilines is 1. The van der Waals surface area contributed by atoms with Crippen LogP contribution in [0.4, 0.5) is 5.69 Å². The molecular formula is C15H14BrClN2O. The minimum absolute atomic E-state index is 0.174. The first-order valence-corrected chi connectivity index (χ1v) is 7.31. The lowest BCUT2D eigenvalue weighted by atomic mass is 10.1. The summed E-state index contributed by atoms with van der Waals surface area (Å²) in [6.07, 6.45) is 0.748. The van der Waals surface area contributed by atoms with Crippen LogP contribution in [-0.4, -0.2) is 12.5 Å². The largest absolute Gasteiger partial charge is 0.399 e. The van der Waals surface area contributed by atoms with Crippen LogP contribution >= 0.6 is 27.5 Å². The maximum absolute atomic E-state index is 12.0. The third-order valence-electron chi connectivity index (χ3n) is 2.85. The van der Waals surface area contributed by atoms with Gasteiger partial charge in [0.15, 0.2) is 0 Å². The standard InChI is InChI=1S/C15H14BrClN2O/c16-11-3-6-14(17)13(9-11)15(20)19-8-7-10-1-4-12(18)5-2-10/h1-6,9H,7-8,18H2,(H,19,20). The Morgan fingerprint density at radius 3 is 2.60 bits per heavy atom. The van der Waals surface area contributed by atoms with E-state index in [1.807, 2.05) is 24.3 Å². The monoisotopic (exact) mass is 352 g/mol. The molecule has 20 heavy (non-hydrogen) atoms. The fourth-order valence-corrected chi connectivity index (χ4v) is 2.34. The smallest absolute Gasteiger partial charge is 0.252 e. The van der Waals surface area contributed by atoms with Crippen molar-refractivity contribution in [1.82, 2.24) is 5.32 Å². The minimum Gasteiger partial charge on any atom is -0.399 e. The van der Waals surface area contributed by atoms with Crippen molar-refractivity contribution in [2.24, 2.45) is 0 Å². The highest BCUT2D eigenvalue weighted by atomic mass is 79.9. The molecule has 0 atom stereocenters. The normalized spacial score (nSPS) is 10.3. The number of carbonyl (C=O) groups excluding carboxylic acids is 1. The molecule has 0 heterocycles. The molecule has 2 aromatic carbocycles. The van der Waals surface area contributed by atoms with Gasteiger partial charge in [0.05, 0.1) is 10.6 Å². The van der Waals surface area contributed by atoms with Crippen LogP contribution in [-0.2, 0) is 6.42 Å². The topological polar surface area (TPSA) is 55.1 Å². The summed E-state index contributed by atoms with van der Waals surface area (Å²) < 4.78 is 0.825. The van der Waals surface area contributed by atoms with E-state index in [0.29, 0.717) is 17.1 Å². The zero-order valence-electron chi connectivity index (χ0n) is 10.7. The van der Waals surface area contributed by atoms with Gasteiger partial charge in [0.25, 0.3) is 5.91 Å². The number of nitrogens with two attached hydrogens (primary N) is 1. The number of benzene rings is 2. The van der Waals surface area contributed by atoms with Gasteiger partial charge in [-0.25, -0.2) is 0 Å². The predicted molar refractivity (Wildman–Crippen MR) is 86.0 cm³/mol. The molecule has 0 radical (unpaired) electrons. The Hall–Kier alpha value is -1.52. The van der Waals surface area contributed by atoms with Crippen LogP contribution < -0.4 is 11.1 Å². The van der Waals surface area contributed by atoms with Crippen LogP contribution in [0.25, 0.3) is 0 Å². The average Bonchev–Trinajstić information content (AvgIpc) is 2.43. The Kier molecular flexibility index (Phi) is 5.04. The SMILES string of the molecule is Nc1ccc(CCNC(=O)c2cc(Br)ccc2Cl)cc1. The zero-order valence-corrected chi connectivity index (χ0v) is 13.0. The van der Waals surface area contributed by atoms with Crippen molar-refractivity contribution in [3.05, 3.63) is 63.1 Å². The molecule has 0 saturated heterocycles. The lowest BCUT2D eigenvalue weighted by Gasteiger charge is -2.07. The highest BCUT2D eigenvalue weighted by molar-refractivity contribution is 9.10. The number of halogens is 2. The van der Waals surface area contributed by atoms with Gasteiger partial charge in [-0.1, -0.05) is 39.7 Å². The van der Waals surface area contributed by atoms with Crippen LogP contribution in [0.3, 0.4) is 0 Å². The fraction of sp³-hybridized carbons (Fsp3) is 0.133. The maximum Gasteiger partial charge on any atom is 0.252 e. The second-order valence-corrected chi connectivity index (χ2v) is 5.69. The number of nitrogen functional groups attached to an aromatic ring is 1. The first-order valence-electron chi connectivity index (χ1n) is 6.14. The van der Waals surface area contributed by atoms with E-state index < -0.39 is 0 Å². The Morgan fingerprint density at radius 1 is 1.20 bits per heavy atom. The molecule has 0 spiro atoms. The molecule has 0 aromatic heterocycles. The van der Waals surface area contributed by atoms with Gasteiger partial charge in [-0.05, 0) is 42.3 Å². The Bertz CT molecular complexity index is 614. The second-order valence-electron chi connectivity index (χ2n) is 4.37. The number of rotatable bonds is 4. The summed E-state index contributed by atoms with van der Waals surface area (Å²) in [7, 11) is 0. The fourth-order valence-electron chi connectivity index (χ4n) is 1.77. The van der Waals surface area contributed by atoms with Crippen molar-refractivity contribution in [3.8, 4) is 0 Å². The zero-order chi connectivity index (χ0) is 14.5. The highest BCUT2D eigenvalue weighted by Crippen LogP contribution is 2.20. The molecule has 0 aliphatic heterocycles. The van der Waals surface area contributed by atoms with E-state index in [9.17, 15) is 4.79 Å². The van der Waals surface area contributed by atoms with Crippen molar-refractivity contribution in [1.29, 1.82) is 0 Å². The van der Waals surface area contributed by atoms with Crippen LogP contribution in [0.1, 0.15) is 15.9 Å². The molecule has 3 N–H and O–H groups in total. The van der Waals surface area contributed by atoms with Gasteiger partial charge in [-0.3, -0.25) is 4.79 Å². The van der Waals surface area contributed by atoms with Crippen molar-refractivity contribution >= 4 is 39.1 Å². The number of nitrogens with one attached hydrogen (secondary N) is 1. The van der Waals surface area contributed by atoms with E-state index in [4.69, 9.17) is 17.3 Å². The molecular weight excluding hydrogens is 340 g/mol. The van der Waals surface area contributed by atoms with Gasteiger partial charge >= 0.3 is 0 Å². The summed E-state index contributed by atoms with van der Waals surface area (Å²) in [5.41, 5.74) is 7.95. The second kappa shape index (κ2) is 6.77. The summed E-state index contributed by atoms with van der Waals surface area (Å²) in [6, 6.07) is 12.8. The van der Waals surface area contributed by atoms with E-state index in [1.165, 1.54) is 0 Å². The highest BCUT2D eigenvalue weighted by Gasteiger charge is 2.10. The van der Waals surface area contributed by atoms with Gasteiger partial charge in [0.1, 0.15) is 0 Å². The third kappa shape index (κ3) is 3.99. The lowest BCUT2D eigenvalue weighted by molar-refractivity contribution is 0.0954. The molecule has 0 bridgehead atoms. The van der Waals surface area contributed by atoms with Gasteiger partial charge in [-0.2, -0.15) is 0 Å². The predicted octanol–water partition coefficient (Wildman–Crippen LogP) is 3.66. The third-order valence-corrected chi connectivity index (χ3v) is 3.67. The summed E-state index contributed by atoms with van der Waals surface area (Å²) >= 11 is 9.33. The van der Waals surface area contributed by atoms with Crippen molar-refractivity contribution < 1.29 is 4.79 Å². The molecule has 0 aliphatic rings. The van der Waals surface area contributed by atoms with Gasteiger partial charge in [0.2, 0.25) is 0 Å². The number of hydrogen-bond acceptors (Lipinski definition) is 2. The van der Waals surface area contributed by atoms with E-state index >= 15 is 0 Å². The Morgan fingerprint density at radius 2 is 1.90 bits per heavy atom. The first-order chi connectivity index (χ1) is 9.56. The lowest BCUT2D eigenvalue weighted by Crippen LogP contribution is -2.26. The molecule has 2 aromatic rings. The van der Waals surface area contributed by atoms with E-state index in [2.05, 4.69) is 21.2 Å². The maximum atomic E-state index is 12.0. The van der Waals surface area contributed by atoms with Crippen LogP contribution in [0, 0.1) is 0 Å². The quantitative estimate of drug-likeness (QED) is 0.824. The van der Waals surface area contributed by atoms with Crippen molar-refractivity contribution in [3.63, 3.8) is 0 Å². The van der Waals surface area contributed by atoms with E-state index in [0.717, 1.165) is 22.1 Å². The number of carbonyl (C=O) groups is 1. The molecule has 2 rings (SSSR count). The van der Waals surface area contributed by atoms with Gasteiger partial charge in [-0.15, -0.1) is 0 Å². The molecule has 1 amide bonds.